The molecule has 0 aliphatic heterocycles. The largest absolute Gasteiger partial charge is 0.465 e. The van der Waals surface area contributed by atoms with Crippen LogP contribution in [0, 0.1) is 18.3 Å². The second-order valence-corrected chi connectivity index (χ2v) is 6.54. The zero-order chi connectivity index (χ0) is 19.4. The van der Waals surface area contributed by atoms with Gasteiger partial charge in [0.25, 0.3) is 0 Å². The fraction of sp³-hybridized carbons (Fsp3) is 0.368. The highest BCUT2D eigenvalue weighted by Gasteiger charge is 2.20. The van der Waals surface area contributed by atoms with E-state index in [0.29, 0.717) is 28.5 Å². The first-order valence-electron chi connectivity index (χ1n) is 8.82. The number of nitrogen functional groups attached to an aromatic ring is 1. The van der Waals surface area contributed by atoms with E-state index in [0.717, 1.165) is 31.2 Å². The SMILES string of the molecule is COC(=O)c1ccc(C)c(Nc2nc(N)nc(NC3CCCC3)c2C#N)c1. The molecule has 1 aromatic heterocycles. The molecule has 0 atom stereocenters. The molecule has 1 aromatic carbocycles. The lowest BCUT2D eigenvalue weighted by molar-refractivity contribution is 0.0601. The standard InChI is InChI=1S/C19H22N6O2/c1-11-7-8-12(18(26)27-2)9-15(11)23-17-14(10-20)16(24-19(21)25-17)22-13-5-3-4-6-13/h7-9,13H,3-6H2,1-2H3,(H4,21,22,23,24,25). The van der Waals surface area contributed by atoms with Gasteiger partial charge >= 0.3 is 5.97 Å². The molecule has 140 valence electrons. The number of hydrogen-bond donors (Lipinski definition) is 3. The van der Waals surface area contributed by atoms with Crippen molar-refractivity contribution in [1.29, 1.82) is 5.26 Å². The molecule has 2 aromatic rings. The number of rotatable bonds is 5. The average molecular weight is 366 g/mol. The Bertz CT molecular complexity index is 900. The van der Waals surface area contributed by atoms with Crippen molar-refractivity contribution in [3.8, 4) is 6.07 Å². The van der Waals surface area contributed by atoms with Crippen molar-refractivity contribution in [2.24, 2.45) is 0 Å². The van der Waals surface area contributed by atoms with E-state index < -0.39 is 5.97 Å². The molecule has 27 heavy (non-hydrogen) atoms. The number of ether oxygens (including phenoxy) is 1. The summed E-state index contributed by atoms with van der Waals surface area (Å²) in [6, 6.07) is 7.57. The molecule has 0 amide bonds. The fourth-order valence-electron chi connectivity index (χ4n) is 3.17. The molecule has 0 saturated heterocycles. The van der Waals surface area contributed by atoms with E-state index in [1.807, 2.05) is 6.92 Å². The first-order valence-corrected chi connectivity index (χ1v) is 8.82. The summed E-state index contributed by atoms with van der Waals surface area (Å²) in [5.74, 6) is 0.361. The minimum atomic E-state index is -0.440. The number of nitrogens with two attached hydrogens (primary N) is 1. The van der Waals surface area contributed by atoms with Crippen LogP contribution in [0.25, 0.3) is 0 Å². The third-order valence-electron chi connectivity index (χ3n) is 4.65. The van der Waals surface area contributed by atoms with E-state index in [1.165, 1.54) is 7.11 Å². The molecule has 1 saturated carbocycles. The monoisotopic (exact) mass is 366 g/mol. The van der Waals surface area contributed by atoms with Gasteiger partial charge in [0, 0.05) is 11.7 Å². The molecular formula is C19H22N6O2. The number of nitrogens with zero attached hydrogens (tertiary/aromatic N) is 3. The second kappa shape index (κ2) is 7.91. The Morgan fingerprint density at radius 1 is 1.30 bits per heavy atom. The van der Waals surface area contributed by atoms with Crippen LogP contribution in [0.1, 0.15) is 47.2 Å². The van der Waals surface area contributed by atoms with Gasteiger partial charge in [-0.3, -0.25) is 0 Å². The van der Waals surface area contributed by atoms with Crippen LogP contribution in [0.5, 0.6) is 0 Å². The summed E-state index contributed by atoms with van der Waals surface area (Å²) in [5.41, 5.74) is 8.07. The summed E-state index contributed by atoms with van der Waals surface area (Å²) < 4.78 is 4.76. The number of carbonyl (C=O) groups excluding carboxylic acids is 1. The third kappa shape index (κ3) is 4.08. The number of aryl methyl sites for hydroxylation is 1. The number of aromatic nitrogens is 2. The lowest BCUT2D eigenvalue weighted by atomic mass is 10.1. The van der Waals surface area contributed by atoms with Crippen LogP contribution in [-0.4, -0.2) is 29.1 Å². The van der Waals surface area contributed by atoms with Crippen LogP contribution in [0.2, 0.25) is 0 Å². The van der Waals surface area contributed by atoms with E-state index in [2.05, 4.69) is 26.7 Å². The predicted octanol–water partition coefficient (Wildman–Crippen LogP) is 3.12. The van der Waals surface area contributed by atoms with Gasteiger partial charge in [-0.25, -0.2) is 4.79 Å². The van der Waals surface area contributed by atoms with Crippen molar-refractivity contribution in [2.45, 2.75) is 38.6 Å². The number of nitriles is 1. The van der Waals surface area contributed by atoms with E-state index >= 15 is 0 Å². The maximum absolute atomic E-state index is 11.8. The molecule has 8 heteroatoms. The fourth-order valence-corrected chi connectivity index (χ4v) is 3.17. The van der Waals surface area contributed by atoms with Gasteiger partial charge in [-0.05, 0) is 37.5 Å². The summed E-state index contributed by atoms with van der Waals surface area (Å²) >= 11 is 0. The normalized spacial score (nSPS) is 13.8. The summed E-state index contributed by atoms with van der Waals surface area (Å²) in [6.45, 7) is 1.89. The van der Waals surface area contributed by atoms with Gasteiger partial charge in [0.15, 0.2) is 11.6 Å². The van der Waals surface area contributed by atoms with E-state index in [-0.39, 0.29) is 12.0 Å². The molecule has 4 N–H and O–H groups in total. The third-order valence-corrected chi connectivity index (χ3v) is 4.65. The predicted molar refractivity (Wildman–Crippen MR) is 103 cm³/mol. The van der Waals surface area contributed by atoms with Crippen molar-refractivity contribution in [2.75, 3.05) is 23.5 Å². The van der Waals surface area contributed by atoms with Gasteiger partial charge in [0.05, 0.1) is 12.7 Å². The molecule has 1 aliphatic carbocycles. The first kappa shape index (κ1) is 18.5. The highest BCUT2D eigenvalue weighted by molar-refractivity contribution is 5.91. The van der Waals surface area contributed by atoms with Crippen LogP contribution < -0.4 is 16.4 Å². The Labute approximate surface area is 157 Å². The van der Waals surface area contributed by atoms with Gasteiger partial charge in [0.1, 0.15) is 11.6 Å². The number of anilines is 4. The number of nitrogens with one attached hydrogen (secondary N) is 2. The second-order valence-electron chi connectivity index (χ2n) is 6.54. The van der Waals surface area contributed by atoms with Crippen LogP contribution in [0.15, 0.2) is 18.2 Å². The van der Waals surface area contributed by atoms with E-state index in [1.54, 1.807) is 18.2 Å². The van der Waals surface area contributed by atoms with Gasteiger partial charge in [-0.15, -0.1) is 0 Å². The number of benzene rings is 1. The Kier molecular flexibility index (Phi) is 5.41. The summed E-state index contributed by atoms with van der Waals surface area (Å²) in [6.07, 6.45) is 4.39. The summed E-state index contributed by atoms with van der Waals surface area (Å²) in [5, 5.41) is 16.1. The van der Waals surface area contributed by atoms with Gasteiger partial charge < -0.3 is 21.1 Å². The van der Waals surface area contributed by atoms with Crippen LogP contribution in [-0.2, 0) is 4.74 Å². The van der Waals surface area contributed by atoms with Crippen molar-refractivity contribution >= 4 is 29.2 Å². The van der Waals surface area contributed by atoms with Crippen molar-refractivity contribution < 1.29 is 9.53 Å². The molecule has 1 fully saturated rings. The number of carbonyl (C=O) groups is 1. The Morgan fingerprint density at radius 3 is 2.67 bits per heavy atom. The number of hydrogen-bond acceptors (Lipinski definition) is 8. The Hall–Kier alpha value is -3.34. The quantitative estimate of drug-likeness (QED) is 0.689. The Balaban J connectivity index is 1.96. The molecule has 8 nitrogen and oxygen atoms in total. The maximum Gasteiger partial charge on any atom is 0.337 e. The lowest BCUT2D eigenvalue weighted by Crippen LogP contribution is -2.18. The molecule has 1 heterocycles. The van der Waals surface area contributed by atoms with E-state index in [4.69, 9.17) is 10.5 Å². The van der Waals surface area contributed by atoms with Crippen LogP contribution >= 0.6 is 0 Å². The molecule has 0 radical (unpaired) electrons. The van der Waals surface area contributed by atoms with Gasteiger partial charge in [-0.1, -0.05) is 18.9 Å². The van der Waals surface area contributed by atoms with Crippen LogP contribution in [0.4, 0.5) is 23.3 Å². The first-order chi connectivity index (χ1) is 13.0. The maximum atomic E-state index is 11.8. The zero-order valence-electron chi connectivity index (χ0n) is 15.4. The smallest absolute Gasteiger partial charge is 0.337 e. The molecule has 1 aliphatic rings. The van der Waals surface area contributed by atoms with Crippen molar-refractivity contribution in [3.63, 3.8) is 0 Å². The minimum absolute atomic E-state index is 0.0683. The molecule has 3 rings (SSSR count). The van der Waals surface area contributed by atoms with Crippen LogP contribution in [0.3, 0.4) is 0 Å². The average Bonchev–Trinajstić information content (AvgIpc) is 3.16. The highest BCUT2D eigenvalue weighted by atomic mass is 16.5. The van der Waals surface area contributed by atoms with Crippen molar-refractivity contribution in [1.82, 2.24) is 9.97 Å². The highest BCUT2D eigenvalue weighted by Crippen LogP contribution is 2.29. The lowest BCUT2D eigenvalue weighted by Gasteiger charge is -2.17. The summed E-state index contributed by atoms with van der Waals surface area (Å²) in [4.78, 5) is 20.2. The minimum Gasteiger partial charge on any atom is -0.465 e. The van der Waals surface area contributed by atoms with Gasteiger partial charge in [-0.2, -0.15) is 15.2 Å². The molecule has 0 bridgehead atoms. The van der Waals surface area contributed by atoms with Crippen molar-refractivity contribution in [3.05, 3.63) is 34.9 Å². The van der Waals surface area contributed by atoms with E-state index in [9.17, 15) is 10.1 Å². The molecule has 0 unspecified atom stereocenters. The number of methoxy groups -OCH3 is 1. The zero-order valence-corrected chi connectivity index (χ0v) is 15.4. The Morgan fingerprint density at radius 2 is 2.00 bits per heavy atom. The topological polar surface area (TPSA) is 126 Å². The summed E-state index contributed by atoms with van der Waals surface area (Å²) in [7, 11) is 1.33. The number of esters is 1. The molecule has 0 spiro atoms. The molecular weight excluding hydrogens is 344 g/mol. The van der Waals surface area contributed by atoms with Gasteiger partial charge in [0.2, 0.25) is 5.95 Å².